The van der Waals surface area contributed by atoms with E-state index in [2.05, 4.69) is 15.5 Å². The number of hydrogen-bond donors (Lipinski definition) is 1. The van der Waals surface area contributed by atoms with Crippen molar-refractivity contribution in [2.45, 2.75) is 13.3 Å². The lowest BCUT2D eigenvalue weighted by Crippen LogP contribution is -2.26. The van der Waals surface area contributed by atoms with Crippen molar-refractivity contribution in [3.05, 3.63) is 30.2 Å². The molecular weight excluding hydrogens is 274 g/mol. The lowest BCUT2D eigenvalue weighted by Gasteiger charge is -2.02. The highest BCUT2D eigenvalue weighted by molar-refractivity contribution is 5.67. The van der Waals surface area contributed by atoms with E-state index in [9.17, 15) is 4.79 Å². The number of amides is 1. The number of nitrogens with one attached hydrogen (secondary N) is 1. The zero-order valence-electron chi connectivity index (χ0n) is 12.0. The predicted molar refractivity (Wildman–Crippen MR) is 75.0 cm³/mol. The molecule has 1 amide bonds. The van der Waals surface area contributed by atoms with E-state index in [-0.39, 0.29) is 0 Å². The van der Waals surface area contributed by atoms with Crippen molar-refractivity contribution >= 4 is 6.09 Å². The number of alkyl carbamates (subject to hydrolysis) is 1. The van der Waals surface area contributed by atoms with E-state index in [4.69, 9.17) is 14.0 Å². The van der Waals surface area contributed by atoms with Gasteiger partial charge in [-0.25, -0.2) is 4.79 Å². The van der Waals surface area contributed by atoms with Gasteiger partial charge in [-0.1, -0.05) is 5.16 Å². The van der Waals surface area contributed by atoms with Crippen molar-refractivity contribution in [3.8, 4) is 17.1 Å². The Hall–Kier alpha value is -2.57. The molecule has 2 rings (SSSR count). The quantitative estimate of drug-likeness (QED) is 0.876. The molecule has 1 heterocycles. The molecule has 0 bridgehead atoms. The van der Waals surface area contributed by atoms with E-state index >= 15 is 0 Å². The van der Waals surface area contributed by atoms with Crippen LogP contribution in [0.15, 0.2) is 28.8 Å². The van der Waals surface area contributed by atoms with E-state index in [1.54, 1.807) is 14.0 Å². The molecule has 1 aromatic heterocycles. The molecule has 7 nitrogen and oxygen atoms in total. The number of ether oxygens (including phenoxy) is 2. The lowest BCUT2D eigenvalue weighted by molar-refractivity contribution is 0.152. The first kappa shape index (κ1) is 14.8. The van der Waals surface area contributed by atoms with Gasteiger partial charge in [0.15, 0.2) is 0 Å². The minimum absolute atomic E-state index is 0.341. The molecule has 0 aliphatic heterocycles. The molecule has 112 valence electrons. The van der Waals surface area contributed by atoms with Gasteiger partial charge >= 0.3 is 6.09 Å². The van der Waals surface area contributed by atoms with E-state index in [1.165, 1.54) is 0 Å². The van der Waals surface area contributed by atoms with Crippen molar-refractivity contribution in [2.75, 3.05) is 20.3 Å². The minimum Gasteiger partial charge on any atom is -0.497 e. The van der Waals surface area contributed by atoms with Crippen LogP contribution in [-0.2, 0) is 11.2 Å². The highest BCUT2D eigenvalue weighted by Crippen LogP contribution is 2.19. The molecular formula is C14H17N3O4. The fourth-order valence-corrected chi connectivity index (χ4v) is 1.67. The Bertz CT molecular complexity index is 580. The summed E-state index contributed by atoms with van der Waals surface area (Å²) < 4.78 is 15.0. The Kier molecular flexibility index (Phi) is 5.14. The maximum Gasteiger partial charge on any atom is 0.407 e. The van der Waals surface area contributed by atoms with Gasteiger partial charge in [-0.3, -0.25) is 0 Å². The fourth-order valence-electron chi connectivity index (χ4n) is 1.67. The first-order chi connectivity index (χ1) is 10.2. The van der Waals surface area contributed by atoms with Crippen LogP contribution in [0.4, 0.5) is 4.79 Å². The molecule has 0 fully saturated rings. The van der Waals surface area contributed by atoms with Crippen LogP contribution in [0, 0.1) is 0 Å². The summed E-state index contributed by atoms with van der Waals surface area (Å²) in [5.74, 6) is 1.72. The minimum atomic E-state index is -0.451. The van der Waals surface area contributed by atoms with E-state index in [0.717, 1.165) is 11.3 Å². The van der Waals surface area contributed by atoms with E-state index < -0.39 is 6.09 Å². The first-order valence-corrected chi connectivity index (χ1v) is 6.60. The Morgan fingerprint density at radius 3 is 2.76 bits per heavy atom. The van der Waals surface area contributed by atoms with Gasteiger partial charge in [0.05, 0.1) is 13.7 Å². The second-order valence-corrected chi connectivity index (χ2v) is 4.14. The number of rotatable bonds is 6. The average molecular weight is 291 g/mol. The normalized spacial score (nSPS) is 10.2. The second-order valence-electron chi connectivity index (χ2n) is 4.14. The van der Waals surface area contributed by atoms with Gasteiger partial charge < -0.3 is 19.3 Å². The maximum absolute atomic E-state index is 11.1. The third-order valence-electron chi connectivity index (χ3n) is 2.70. The van der Waals surface area contributed by atoms with Gasteiger partial charge in [-0.05, 0) is 31.2 Å². The molecule has 21 heavy (non-hydrogen) atoms. The lowest BCUT2D eigenvalue weighted by atomic mass is 10.2. The summed E-state index contributed by atoms with van der Waals surface area (Å²) in [5.41, 5.74) is 0.837. The number of methoxy groups -OCH3 is 1. The molecule has 1 aromatic carbocycles. The Morgan fingerprint density at radius 2 is 2.10 bits per heavy atom. The zero-order valence-corrected chi connectivity index (χ0v) is 12.0. The molecule has 0 unspecified atom stereocenters. The average Bonchev–Trinajstić information content (AvgIpc) is 2.96. The predicted octanol–water partition coefficient (Wildman–Crippen LogP) is 2.03. The summed E-state index contributed by atoms with van der Waals surface area (Å²) in [6.45, 7) is 2.47. The zero-order chi connectivity index (χ0) is 15.1. The number of benzene rings is 1. The highest BCUT2D eigenvalue weighted by atomic mass is 16.5. The summed E-state index contributed by atoms with van der Waals surface area (Å²) in [4.78, 5) is 15.4. The maximum atomic E-state index is 11.1. The third kappa shape index (κ3) is 4.20. The van der Waals surface area contributed by atoms with Crippen LogP contribution in [0.1, 0.15) is 12.8 Å². The van der Waals surface area contributed by atoms with Crippen molar-refractivity contribution in [3.63, 3.8) is 0 Å². The van der Waals surface area contributed by atoms with Crippen LogP contribution >= 0.6 is 0 Å². The van der Waals surface area contributed by atoms with Gasteiger partial charge in [-0.2, -0.15) is 4.98 Å². The number of hydrogen-bond acceptors (Lipinski definition) is 6. The van der Waals surface area contributed by atoms with Gasteiger partial charge in [-0.15, -0.1) is 0 Å². The van der Waals surface area contributed by atoms with Crippen molar-refractivity contribution in [1.29, 1.82) is 0 Å². The van der Waals surface area contributed by atoms with Gasteiger partial charge in [0.1, 0.15) is 5.75 Å². The molecule has 0 saturated heterocycles. The summed E-state index contributed by atoms with van der Waals surface area (Å²) in [5, 5.41) is 6.50. The van der Waals surface area contributed by atoms with Crippen molar-refractivity contribution in [2.24, 2.45) is 0 Å². The van der Waals surface area contributed by atoms with Gasteiger partial charge in [0, 0.05) is 18.5 Å². The molecule has 7 heteroatoms. The smallest absolute Gasteiger partial charge is 0.407 e. The number of nitrogens with zero attached hydrogens (tertiary/aromatic N) is 2. The number of aromatic nitrogens is 2. The number of carbonyl (C=O) groups is 1. The SMILES string of the molecule is CCOC(=O)NCCc1nc(-c2ccc(OC)cc2)no1. The second kappa shape index (κ2) is 7.28. The van der Waals surface area contributed by atoms with Crippen LogP contribution < -0.4 is 10.1 Å². The van der Waals surface area contributed by atoms with Crippen LogP contribution in [0.3, 0.4) is 0 Å². The highest BCUT2D eigenvalue weighted by Gasteiger charge is 2.09. The van der Waals surface area contributed by atoms with Crippen LogP contribution in [0.2, 0.25) is 0 Å². The van der Waals surface area contributed by atoms with Gasteiger partial charge in [0.25, 0.3) is 0 Å². The molecule has 0 radical (unpaired) electrons. The third-order valence-corrected chi connectivity index (χ3v) is 2.70. The largest absolute Gasteiger partial charge is 0.497 e. The van der Waals surface area contributed by atoms with Crippen LogP contribution in [0.5, 0.6) is 5.75 Å². The monoisotopic (exact) mass is 291 g/mol. The molecule has 0 aliphatic carbocycles. The summed E-state index contributed by atoms with van der Waals surface area (Å²) in [7, 11) is 1.61. The summed E-state index contributed by atoms with van der Waals surface area (Å²) in [6.07, 6.45) is -0.00509. The van der Waals surface area contributed by atoms with E-state index in [1.807, 2.05) is 24.3 Å². The van der Waals surface area contributed by atoms with E-state index in [0.29, 0.717) is 31.3 Å². The number of carbonyl (C=O) groups excluding carboxylic acids is 1. The van der Waals surface area contributed by atoms with Crippen LogP contribution in [-0.4, -0.2) is 36.5 Å². The molecule has 2 aromatic rings. The topological polar surface area (TPSA) is 86.5 Å². The molecule has 1 N–H and O–H groups in total. The summed E-state index contributed by atoms with van der Waals surface area (Å²) >= 11 is 0. The van der Waals surface area contributed by atoms with Gasteiger partial charge in [0.2, 0.25) is 11.7 Å². The Morgan fingerprint density at radius 1 is 1.33 bits per heavy atom. The van der Waals surface area contributed by atoms with Crippen molar-refractivity contribution < 1.29 is 18.8 Å². The Balaban J connectivity index is 1.90. The fraction of sp³-hybridized carbons (Fsp3) is 0.357. The molecule has 0 saturated carbocycles. The van der Waals surface area contributed by atoms with Crippen LogP contribution in [0.25, 0.3) is 11.4 Å². The molecule has 0 spiro atoms. The molecule has 0 atom stereocenters. The standard InChI is InChI=1S/C14H17N3O4/c1-3-20-14(18)15-9-8-12-16-13(17-21-12)10-4-6-11(19-2)7-5-10/h4-7H,3,8-9H2,1-2H3,(H,15,18). The van der Waals surface area contributed by atoms with Crippen molar-refractivity contribution in [1.82, 2.24) is 15.5 Å². The first-order valence-electron chi connectivity index (χ1n) is 6.60. The summed E-state index contributed by atoms with van der Waals surface area (Å²) in [6, 6.07) is 7.36. The Labute approximate surface area is 122 Å². The molecule has 0 aliphatic rings.